The standard InChI is InChI=1S/C32H43N4O6P/c1-7-41-43(38,42-8-2)20-40-26-14-11-24(12-15-26)30-31-27(19-35(32(30)37)25-13-16-29(39-6)33-18-25)21(3)17-28(34-31)36-22(4)9-10-23(36)5/h9-10,13,16-18,24,26,30H,7-8,11-12,14-15,19-20H2,1-6H3. The third-order valence-electron chi connectivity index (χ3n) is 8.56. The Morgan fingerprint density at radius 1 is 0.977 bits per heavy atom. The number of aryl methyl sites for hydroxylation is 3. The van der Waals surface area contributed by atoms with Gasteiger partial charge in [0.15, 0.2) is 0 Å². The molecule has 0 N–H and O–H groups in total. The fourth-order valence-electron chi connectivity index (χ4n) is 6.42. The molecule has 2 aliphatic rings. The van der Waals surface area contributed by atoms with Crippen molar-refractivity contribution in [2.45, 2.75) is 78.9 Å². The van der Waals surface area contributed by atoms with Crippen LogP contribution in [0.3, 0.4) is 0 Å². The second-order valence-electron chi connectivity index (χ2n) is 11.4. The summed E-state index contributed by atoms with van der Waals surface area (Å²) < 4.78 is 37.2. The van der Waals surface area contributed by atoms with Crippen molar-refractivity contribution in [3.63, 3.8) is 0 Å². The van der Waals surface area contributed by atoms with Gasteiger partial charge in [-0.1, -0.05) is 0 Å². The Bertz CT molecular complexity index is 1450. The highest BCUT2D eigenvalue weighted by atomic mass is 31.2. The number of amides is 1. The average molecular weight is 611 g/mol. The van der Waals surface area contributed by atoms with Gasteiger partial charge in [0, 0.05) is 17.5 Å². The molecular weight excluding hydrogens is 567 g/mol. The molecule has 3 aromatic heterocycles. The topological polar surface area (TPSA) is 105 Å². The molecule has 5 rings (SSSR count). The molecule has 0 aromatic carbocycles. The van der Waals surface area contributed by atoms with Crippen molar-refractivity contribution in [3.8, 4) is 11.7 Å². The number of aromatic nitrogens is 3. The molecule has 1 amide bonds. The molecule has 1 saturated carbocycles. The first-order chi connectivity index (χ1) is 20.7. The van der Waals surface area contributed by atoms with E-state index in [2.05, 4.69) is 48.5 Å². The molecule has 11 heteroatoms. The second-order valence-corrected chi connectivity index (χ2v) is 13.3. The summed E-state index contributed by atoms with van der Waals surface area (Å²) in [6, 6.07) is 9.96. The van der Waals surface area contributed by atoms with E-state index in [-0.39, 0.29) is 24.3 Å². The summed E-state index contributed by atoms with van der Waals surface area (Å²) in [6.45, 7) is 10.9. The summed E-state index contributed by atoms with van der Waals surface area (Å²) in [4.78, 5) is 25.8. The summed E-state index contributed by atoms with van der Waals surface area (Å²) in [6.07, 6.45) is 4.64. The number of rotatable bonds is 11. The second kappa shape index (κ2) is 13.3. The number of methoxy groups -OCH3 is 1. The van der Waals surface area contributed by atoms with E-state index in [1.54, 1.807) is 33.2 Å². The van der Waals surface area contributed by atoms with Gasteiger partial charge in [0.25, 0.3) is 0 Å². The average Bonchev–Trinajstić information content (AvgIpc) is 3.34. The van der Waals surface area contributed by atoms with Crippen molar-refractivity contribution in [3.05, 3.63) is 64.7 Å². The number of fused-ring (bicyclic) bond motifs is 1. The van der Waals surface area contributed by atoms with E-state index in [0.717, 1.165) is 65.4 Å². The number of ether oxygens (including phenoxy) is 2. The molecule has 0 saturated heterocycles. The normalized spacial score (nSPS) is 20.7. The number of nitrogens with zero attached hydrogens (tertiary/aromatic N) is 4. The first-order valence-electron chi connectivity index (χ1n) is 15.1. The lowest BCUT2D eigenvalue weighted by Gasteiger charge is -2.40. The van der Waals surface area contributed by atoms with Crippen LogP contribution in [0.25, 0.3) is 5.82 Å². The van der Waals surface area contributed by atoms with Crippen LogP contribution in [0.4, 0.5) is 5.69 Å². The van der Waals surface area contributed by atoms with Gasteiger partial charge < -0.3 is 28.0 Å². The van der Waals surface area contributed by atoms with E-state index in [1.165, 1.54) is 0 Å². The monoisotopic (exact) mass is 610 g/mol. The Morgan fingerprint density at radius 3 is 2.23 bits per heavy atom. The lowest BCUT2D eigenvalue weighted by atomic mass is 9.74. The lowest BCUT2D eigenvalue weighted by Crippen LogP contribution is -2.44. The Morgan fingerprint density at radius 2 is 1.65 bits per heavy atom. The number of pyridine rings is 2. The summed E-state index contributed by atoms with van der Waals surface area (Å²) in [5, 5.41) is 0. The molecule has 43 heavy (non-hydrogen) atoms. The van der Waals surface area contributed by atoms with Crippen LogP contribution < -0.4 is 9.64 Å². The van der Waals surface area contributed by atoms with E-state index in [0.29, 0.717) is 25.6 Å². The van der Waals surface area contributed by atoms with Crippen LogP contribution in [-0.4, -0.2) is 53.2 Å². The van der Waals surface area contributed by atoms with Gasteiger partial charge in [-0.05, 0) is 102 Å². The van der Waals surface area contributed by atoms with Crippen LogP contribution in [0, 0.1) is 26.7 Å². The molecule has 0 bridgehead atoms. The van der Waals surface area contributed by atoms with Gasteiger partial charge in [0.05, 0.1) is 56.5 Å². The minimum atomic E-state index is -3.28. The third kappa shape index (κ3) is 6.58. The van der Waals surface area contributed by atoms with Crippen molar-refractivity contribution < 1.29 is 27.9 Å². The minimum Gasteiger partial charge on any atom is -0.481 e. The largest absolute Gasteiger partial charge is 0.481 e. The maximum Gasteiger partial charge on any atom is 0.356 e. The van der Waals surface area contributed by atoms with E-state index in [1.807, 2.05) is 11.0 Å². The van der Waals surface area contributed by atoms with Crippen LogP contribution in [0.2, 0.25) is 0 Å². The number of hydrogen-bond donors (Lipinski definition) is 0. The fourth-order valence-corrected chi connectivity index (χ4v) is 7.82. The predicted octanol–water partition coefficient (Wildman–Crippen LogP) is 6.63. The van der Waals surface area contributed by atoms with Gasteiger partial charge in [-0.15, -0.1) is 0 Å². The maximum atomic E-state index is 14.4. The zero-order chi connectivity index (χ0) is 30.7. The SMILES string of the molecule is CCOP(=O)(COC1CCC(C2C(=O)N(c3ccc(OC)nc3)Cc3c(C)cc(-n4c(C)ccc4C)nc32)CC1)OCC. The highest BCUT2D eigenvalue weighted by molar-refractivity contribution is 7.53. The highest BCUT2D eigenvalue weighted by Crippen LogP contribution is 2.49. The van der Waals surface area contributed by atoms with Gasteiger partial charge in [0.1, 0.15) is 12.2 Å². The molecule has 232 valence electrons. The fraction of sp³-hybridized carbons (Fsp3) is 0.531. The van der Waals surface area contributed by atoms with Crippen molar-refractivity contribution in [1.82, 2.24) is 14.5 Å². The Balaban J connectivity index is 1.44. The predicted molar refractivity (Wildman–Crippen MR) is 165 cm³/mol. The maximum absolute atomic E-state index is 14.4. The molecule has 0 radical (unpaired) electrons. The lowest BCUT2D eigenvalue weighted by molar-refractivity contribution is -0.122. The Kier molecular flexibility index (Phi) is 9.71. The molecule has 0 spiro atoms. The molecule has 10 nitrogen and oxygen atoms in total. The number of hydrogen-bond acceptors (Lipinski definition) is 8. The van der Waals surface area contributed by atoms with Crippen molar-refractivity contribution >= 4 is 19.2 Å². The van der Waals surface area contributed by atoms with E-state index < -0.39 is 13.5 Å². The van der Waals surface area contributed by atoms with Gasteiger partial charge in [-0.25, -0.2) is 9.97 Å². The van der Waals surface area contributed by atoms with E-state index in [9.17, 15) is 9.36 Å². The third-order valence-corrected chi connectivity index (χ3v) is 10.3. The zero-order valence-electron chi connectivity index (χ0n) is 26.0. The van der Waals surface area contributed by atoms with E-state index in [4.69, 9.17) is 23.5 Å². The first kappa shape index (κ1) is 31.4. The summed E-state index contributed by atoms with van der Waals surface area (Å²) in [7, 11) is -1.71. The van der Waals surface area contributed by atoms with Crippen molar-refractivity contribution in [2.24, 2.45) is 5.92 Å². The Labute approximate surface area is 254 Å². The molecule has 1 unspecified atom stereocenters. The van der Waals surface area contributed by atoms with Crippen molar-refractivity contribution in [1.29, 1.82) is 0 Å². The minimum absolute atomic E-state index is 0.0334. The summed E-state index contributed by atoms with van der Waals surface area (Å²) in [5.74, 6) is 1.06. The first-order valence-corrected chi connectivity index (χ1v) is 16.9. The molecule has 4 heterocycles. The van der Waals surface area contributed by atoms with Crippen molar-refractivity contribution in [2.75, 3.05) is 31.6 Å². The highest BCUT2D eigenvalue weighted by Gasteiger charge is 2.43. The van der Waals surface area contributed by atoms with Crippen LogP contribution in [0.1, 0.15) is 73.7 Å². The van der Waals surface area contributed by atoms with Gasteiger partial charge in [0.2, 0.25) is 11.8 Å². The molecule has 3 aromatic rings. The number of anilines is 1. The molecule has 1 atom stereocenters. The zero-order valence-corrected chi connectivity index (χ0v) is 26.9. The van der Waals surface area contributed by atoms with Crippen LogP contribution in [0.15, 0.2) is 36.5 Å². The molecule has 1 fully saturated rings. The molecule has 1 aliphatic carbocycles. The summed E-state index contributed by atoms with van der Waals surface area (Å²) in [5.41, 5.74) is 6.00. The number of carbonyl (C=O) groups excluding carboxylic acids is 1. The van der Waals surface area contributed by atoms with Crippen LogP contribution in [0.5, 0.6) is 5.88 Å². The quantitative estimate of drug-likeness (QED) is 0.223. The smallest absolute Gasteiger partial charge is 0.356 e. The number of carbonyl (C=O) groups is 1. The van der Waals surface area contributed by atoms with Gasteiger partial charge in [-0.3, -0.25) is 9.36 Å². The molecule has 1 aliphatic heterocycles. The molecular formula is C32H43N4O6P. The van der Waals surface area contributed by atoms with Crippen LogP contribution >= 0.6 is 7.60 Å². The van der Waals surface area contributed by atoms with Crippen LogP contribution in [-0.2, 0) is 29.7 Å². The summed E-state index contributed by atoms with van der Waals surface area (Å²) >= 11 is 0. The van der Waals surface area contributed by atoms with Gasteiger partial charge >= 0.3 is 7.60 Å². The van der Waals surface area contributed by atoms with E-state index >= 15 is 0 Å². The Hall–Kier alpha value is -3.04. The van der Waals surface area contributed by atoms with Gasteiger partial charge in [-0.2, -0.15) is 0 Å².